The van der Waals surface area contributed by atoms with Crippen LogP contribution in [0.4, 0.5) is 10.5 Å². The maximum atomic E-state index is 13.0. The quantitative estimate of drug-likeness (QED) is 0.688. The Morgan fingerprint density at radius 2 is 1.72 bits per heavy atom. The monoisotopic (exact) mass is 433 g/mol. The highest BCUT2D eigenvalue weighted by Gasteiger charge is 2.26. The van der Waals surface area contributed by atoms with E-state index >= 15 is 0 Å². The summed E-state index contributed by atoms with van der Waals surface area (Å²) in [6, 6.07) is 13.6. The second kappa shape index (κ2) is 9.00. The van der Waals surface area contributed by atoms with Crippen LogP contribution in [0, 0.1) is 0 Å². The minimum absolute atomic E-state index is 0.00727. The fraction of sp³-hybridized carbons (Fsp3) is 0.375. The van der Waals surface area contributed by atoms with Crippen molar-refractivity contribution >= 4 is 23.1 Å². The Morgan fingerprint density at radius 1 is 0.969 bits per heavy atom. The molecule has 0 radical (unpaired) electrons. The zero-order valence-corrected chi connectivity index (χ0v) is 17.9. The molecule has 0 unspecified atom stereocenters. The second-order valence-corrected chi connectivity index (χ2v) is 8.31. The lowest BCUT2D eigenvalue weighted by Crippen LogP contribution is -2.40. The average molecular weight is 434 g/mol. The summed E-state index contributed by atoms with van der Waals surface area (Å²) in [7, 11) is 0. The molecule has 8 nitrogen and oxygen atoms in total. The number of aromatic nitrogens is 2. The topological polar surface area (TPSA) is 79.2 Å². The number of likely N-dealkylation sites (tertiary alicyclic amines) is 1. The summed E-state index contributed by atoms with van der Waals surface area (Å²) < 4.78 is 7.13. The van der Waals surface area contributed by atoms with E-state index in [1.807, 2.05) is 46.3 Å². The number of hydrogen-bond acceptors (Lipinski definition) is 4. The standard InChI is InChI=1S/C24H27N5O3/c30-23(27-12-14-32-15-13-27)21-17-25-29-11-8-19(16-22(21)29)18-6-9-28(10-7-18)24(31)26-20-4-2-1-3-5-20/h1-5,8,11,16-18H,6-7,9-10,12-15H2,(H,26,31). The van der Waals surface area contributed by atoms with Crippen LogP contribution in [0.1, 0.15) is 34.7 Å². The fourth-order valence-corrected chi connectivity index (χ4v) is 4.49. The first-order chi connectivity index (χ1) is 15.7. The Hall–Kier alpha value is -3.39. The third-order valence-electron chi connectivity index (χ3n) is 6.35. The van der Waals surface area contributed by atoms with Crippen molar-refractivity contribution in [1.29, 1.82) is 0 Å². The largest absolute Gasteiger partial charge is 0.378 e. The van der Waals surface area contributed by atoms with Crippen LogP contribution in [0.25, 0.3) is 5.52 Å². The van der Waals surface area contributed by atoms with Crippen LogP contribution >= 0.6 is 0 Å². The van der Waals surface area contributed by atoms with Gasteiger partial charge in [0.2, 0.25) is 0 Å². The lowest BCUT2D eigenvalue weighted by Gasteiger charge is -2.32. The number of anilines is 1. The highest BCUT2D eigenvalue weighted by atomic mass is 16.5. The third kappa shape index (κ3) is 4.18. The van der Waals surface area contributed by atoms with Gasteiger partial charge in [-0.15, -0.1) is 0 Å². The minimum Gasteiger partial charge on any atom is -0.378 e. The van der Waals surface area contributed by atoms with E-state index in [4.69, 9.17) is 4.74 Å². The number of urea groups is 1. The SMILES string of the molecule is O=C(Nc1ccccc1)N1CCC(c2ccn3ncc(C(=O)N4CCOCC4)c3c2)CC1. The molecule has 0 aliphatic carbocycles. The molecule has 166 valence electrons. The average Bonchev–Trinajstić information content (AvgIpc) is 3.28. The first-order valence-corrected chi connectivity index (χ1v) is 11.1. The number of fused-ring (bicyclic) bond motifs is 1. The van der Waals surface area contributed by atoms with Gasteiger partial charge in [0, 0.05) is 38.1 Å². The number of nitrogens with zero attached hydrogens (tertiary/aromatic N) is 4. The Labute approximate surface area is 186 Å². The first kappa shape index (κ1) is 20.5. The number of pyridine rings is 1. The molecule has 32 heavy (non-hydrogen) atoms. The minimum atomic E-state index is -0.0562. The molecule has 1 aromatic carbocycles. The van der Waals surface area contributed by atoms with Gasteiger partial charge >= 0.3 is 6.03 Å². The van der Waals surface area contributed by atoms with E-state index < -0.39 is 0 Å². The predicted molar refractivity (Wildman–Crippen MR) is 121 cm³/mol. The van der Waals surface area contributed by atoms with E-state index in [0.29, 0.717) is 50.9 Å². The molecule has 2 aromatic heterocycles. The zero-order chi connectivity index (χ0) is 21.9. The normalized spacial score (nSPS) is 17.5. The number of morpholine rings is 1. The molecule has 0 bridgehead atoms. The smallest absolute Gasteiger partial charge is 0.321 e. The van der Waals surface area contributed by atoms with Gasteiger partial charge in [-0.3, -0.25) is 4.79 Å². The van der Waals surface area contributed by atoms with E-state index in [0.717, 1.165) is 24.0 Å². The van der Waals surface area contributed by atoms with Gasteiger partial charge in [-0.1, -0.05) is 18.2 Å². The molecule has 8 heteroatoms. The Balaban J connectivity index is 1.26. The Bertz CT molecular complexity index is 1100. The number of amides is 3. The zero-order valence-electron chi connectivity index (χ0n) is 17.9. The van der Waals surface area contributed by atoms with Gasteiger partial charge in [0.15, 0.2) is 0 Å². The summed E-state index contributed by atoms with van der Waals surface area (Å²) in [5, 5.41) is 7.34. The number of carbonyl (C=O) groups excluding carboxylic acids is 2. The molecule has 5 rings (SSSR count). The molecule has 4 heterocycles. The third-order valence-corrected chi connectivity index (χ3v) is 6.35. The van der Waals surface area contributed by atoms with Gasteiger partial charge in [0.25, 0.3) is 5.91 Å². The number of rotatable bonds is 3. The molecule has 0 spiro atoms. The molecular weight excluding hydrogens is 406 g/mol. The molecule has 2 aliphatic heterocycles. The van der Waals surface area contributed by atoms with Crippen molar-refractivity contribution in [1.82, 2.24) is 19.4 Å². The number of piperidine rings is 1. The summed E-state index contributed by atoms with van der Waals surface area (Å²) in [4.78, 5) is 29.3. The molecule has 3 aromatic rings. The molecule has 3 amide bonds. The van der Waals surface area contributed by atoms with Crippen molar-refractivity contribution in [2.45, 2.75) is 18.8 Å². The predicted octanol–water partition coefficient (Wildman–Crippen LogP) is 3.22. The number of hydrogen-bond donors (Lipinski definition) is 1. The van der Waals surface area contributed by atoms with Gasteiger partial charge in [-0.05, 0) is 48.6 Å². The number of para-hydroxylation sites is 1. The lowest BCUT2D eigenvalue weighted by atomic mass is 9.89. The molecule has 2 fully saturated rings. The van der Waals surface area contributed by atoms with Crippen LogP contribution < -0.4 is 5.32 Å². The van der Waals surface area contributed by atoms with Crippen molar-refractivity contribution in [3.05, 3.63) is 66.0 Å². The van der Waals surface area contributed by atoms with E-state index in [1.165, 1.54) is 5.56 Å². The number of nitrogens with one attached hydrogen (secondary N) is 1. The van der Waals surface area contributed by atoms with Crippen LogP contribution in [0.5, 0.6) is 0 Å². The van der Waals surface area contributed by atoms with Crippen LogP contribution in [0.3, 0.4) is 0 Å². The van der Waals surface area contributed by atoms with Crippen LogP contribution in [-0.4, -0.2) is 70.7 Å². The highest BCUT2D eigenvalue weighted by molar-refractivity contribution is 6.00. The van der Waals surface area contributed by atoms with Gasteiger partial charge in [0.1, 0.15) is 0 Å². The van der Waals surface area contributed by atoms with Crippen molar-refractivity contribution in [3.8, 4) is 0 Å². The van der Waals surface area contributed by atoms with Gasteiger partial charge in [-0.25, -0.2) is 9.31 Å². The molecule has 1 N–H and O–H groups in total. The Kier molecular flexibility index (Phi) is 5.77. The molecule has 0 atom stereocenters. The maximum absolute atomic E-state index is 13.0. The van der Waals surface area contributed by atoms with Crippen LogP contribution in [-0.2, 0) is 4.74 Å². The molecular formula is C24H27N5O3. The summed E-state index contributed by atoms with van der Waals surface area (Å²) in [5.41, 5.74) is 3.47. The fourth-order valence-electron chi connectivity index (χ4n) is 4.49. The summed E-state index contributed by atoms with van der Waals surface area (Å²) in [6.45, 7) is 3.78. The molecule has 2 aliphatic rings. The van der Waals surface area contributed by atoms with E-state index in [2.05, 4.69) is 22.5 Å². The molecule has 0 saturated carbocycles. The van der Waals surface area contributed by atoms with E-state index in [-0.39, 0.29) is 11.9 Å². The number of benzene rings is 1. The number of ether oxygens (including phenoxy) is 1. The van der Waals surface area contributed by atoms with Crippen molar-refractivity contribution in [2.24, 2.45) is 0 Å². The molecule has 2 saturated heterocycles. The van der Waals surface area contributed by atoms with Crippen molar-refractivity contribution < 1.29 is 14.3 Å². The van der Waals surface area contributed by atoms with Gasteiger partial charge < -0.3 is 19.9 Å². The summed E-state index contributed by atoms with van der Waals surface area (Å²) in [6.07, 6.45) is 5.36. The maximum Gasteiger partial charge on any atom is 0.321 e. The van der Waals surface area contributed by atoms with E-state index in [1.54, 1.807) is 10.7 Å². The second-order valence-electron chi connectivity index (χ2n) is 8.31. The first-order valence-electron chi connectivity index (χ1n) is 11.1. The highest BCUT2D eigenvalue weighted by Crippen LogP contribution is 2.30. The van der Waals surface area contributed by atoms with E-state index in [9.17, 15) is 9.59 Å². The van der Waals surface area contributed by atoms with Gasteiger partial charge in [-0.2, -0.15) is 5.10 Å². The van der Waals surface area contributed by atoms with Crippen LogP contribution in [0.15, 0.2) is 54.9 Å². The van der Waals surface area contributed by atoms with Crippen molar-refractivity contribution in [2.75, 3.05) is 44.7 Å². The summed E-state index contributed by atoms with van der Waals surface area (Å²) in [5.74, 6) is 0.356. The van der Waals surface area contributed by atoms with Crippen LogP contribution in [0.2, 0.25) is 0 Å². The lowest BCUT2D eigenvalue weighted by molar-refractivity contribution is 0.0304. The number of carbonyl (C=O) groups is 2. The van der Waals surface area contributed by atoms with Crippen molar-refractivity contribution in [3.63, 3.8) is 0 Å². The Morgan fingerprint density at radius 3 is 2.47 bits per heavy atom. The summed E-state index contributed by atoms with van der Waals surface area (Å²) >= 11 is 0. The van der Waals surface area contributed by atoms with Gasteiger partial charge in [0.05, 0.1) is 30.5 Å².